The second-order valence-electron chi connectivity index (χ2n) is 11.1. The first-order chi connectivity index (χ1) is 18.6. The maximum atomic E-state index is 5.11. The number of hydrogen-bond donors (Lipinski definition) is 0. The Bertz CT molecular complexity index is 2270. The van der Waals surface area contributed by atoms with Crippen LogP contribution in [0.1, 0.15) is 25.0 Å². The van der Waals surface area contributed by atoms with Crippen LogP contribution in [0.2, 0.25) is 0 Å². The molecular formula is C35H23N3. The lowest BCUT2D eigenvalue weighted by molar-refractivity contribution is 0.660. The Morgan fingerprint density at radius 3 is 2.24 bits per heavy atom. The molecule has 0 unspecified atom stereocenters. The van der Waals surface area contributed by atoms with Crippen LogP contribution in [0.5, 0.6) is 0 Å². The van der Waals surface area contributed by atoms with E-state index in [0.29, 0.717) is 0 Å². The summed E-state index contributed by atoms with van der Waals surface area (Å²) < 4.78 is 2.32. The second-order valence-corrected chi connectivity index (χ2v) is 11.1. The van der Waals surface area contributed by atoms with Crippen LogP contribution in [0.4, 0.5) is 0 Å². The summed E-state index contributed by atoms with van der Waals surface area (Å²) in [6.07, 6.45) is 0. The predicted octanol–water partition coefficient (Wildman–Crippen LogP) is 8.75. The van der Waals surface area contributed by atoms with Gasteiger partial charge in [0.15, 0.2) is 5.65 Å². The molecule has 3 heterocycles. The highest BCUT2D eigenvalue weighted by Crippen LogP contribution is 2.50. The number of nitrogens with zero attached hydrogens (tertiary/aromatic N) is 3. The molecule has 0 spiro atoms. The van der Waals surface area contributed by atoms with Crippen molar-refractivity contribution in [3.63, 3.8) is 0 Å². The molecule has 0 bridgehead atoms. The molecule has 38 heavy (non-hydrogen) atoms. The molecule has 1 aliphatic rings. The van der Waals surface area contributed by atoms with Gasteiger partial charge in [0.05, 0.1) is 22.1 Å². The average molecular weight is 486 g/mol. The number of hydrogen-bond acceptors (Lipinski definition) is 2. The number of rotatable bonds is 1. The van der Waals surface area contributed by atoms with E-state index in [1.165, 1.54) is 55.2 Å². The Balaban J connectivity index is 1.41. The molecule has 1 aliphatic carbocycles. The molecule has 0 amide bonds. The molecule has 0 fully saturated rings. The molecule has 0 saturated heterocycles. The van der Waals surface area contributed by atoms with Crippen molar-refractivity contribution < 1.29 is 0 Å². The molecule has 9 rings (SSSR count). The molecule has 0 aliphatic heterocycles. The highest BCUT2D eigenvalue weighted by atomic mass is 15.0. The van der Waals surface area contributed by atoms with E-state index in [1.807, 2.05) is 24.3 Å². The van der Waals surface area contributed by atoms with Crippen LogP contribution in [0.25, 0.3) is 71.6 Å². The Kier molecular flexibility index (Phi) is 3.61. The van der Waals surface area contributed by atoms with E-state index in [1.54, 1.807) is 0 Å². The third-order valence-corrected chi connectivity index (χ3v) is 8.73. The van der Waals surface area contributed by atoms with Gasteiger partial charge in [0.1, 0.15) is 5.52 Å². The van der Waals surface area contributed by atoms with E-state index < -0.39 is 0 Å². The summed E-state index contributed by atoms with van der Waals surface area (Å²) in [5.74, 6) is 0. The summed E-state index contributed by atoms with van der Waals surface area (Å²) in [6, 6.07) is 37.3. The van der Waals surface area contributed by atoms with E-state index in [2.05, 4.69) is 97.1 Å². The molecule has 3 nitrogen and oxygen atoms in total. The third kappa shape index (κ3) is 2.35. The van der Waals surface area contributed by atoms with Gasteiger partial charge in [-0.1, -0.05) is 86.6 Å². The zero-order valence-corrected chi connectivity index (χ0v) is 21.2. The van der Waals surface area contributed by atoms with Gasteiger partial charge in [0.25, 0.3) is 0 Å². The van der Waals surface area contributed by atoms with Crippen molar-refractivity contribution in [2.75, 3.05) is 0 Å². The molecule has 178 valence electrons. The first kappa shape index (κ1) is 20.3. The normalized spacial score (nSPS) is 14.3. The lowest BCUT2D eigenvalue weighted by Gasteiger charge is -2.21. The van der Waals surface area contributed by atoms with Crippen molar-refractivity contribution in [2.45, 2.75) is 19.3 Å². The van der Waals surface area contributed by atoms with Gasteiger partial charge in [-0.3, -0.25) is 4.40 Å². The summed E-state index contributed by atoms with van der Waals surface area (Å²) in [4.78, 5) is 10.2. The Morgan fingerprint density at radius 2 is 1.34 bits per heavy atom. The maximum Gasteiger partial charge on any atom is 0.165 e. The van der Waals surface area contributed by atoms with Crippen LogP contribution < -0.4 is 0 Å². The number of para-hydroxylation sites is 3. The molecule has 3 aromatic heterocycles. The maximum absolute atomic E-state index is 5.11. The topological polar surface area (TPSA) is 30.2 Å². The highest BCUT2D eigenvalue weighted by molar-refractivity contribution is 6.26. The van der Waals surface area contributed by atoms with Crippen molar-refractivity contribution in [2.24, 2.45) is 0 Å². The predicted molar refractivity (Wildman–Crippen MR) is 157 cm³/mol. The Morgan fingerprint density at radius 1 is 0.605 bits per heavy atom. The summed E-state index contributed by atoms with van der Waals surface area (Å²) in [6.45, 7) is 4.67. The fourth-order valence-corrected chi connectivity index (χ4v) is 6.96. The SMILES string of the molecule is CC1(C)c2ccccc2-c2cc(-c3ccc4c5nc6ccccc6nc5n5c6ccccc6c3c45)ccc21. The van der Waals surface area contributed by atoms with Gasteiger partial charge in [-0.25, -0.2) is 9.97 Å². The Labute approximate surface area is 219 Å². The van der Waals surface area contributed by atoms with Gasteiger partial charge in [-0.15, -0.1) is 0 Å². The summed E-state index contributed by atoms with van der Waals surface area (Å²) in [5.41, 5.74) is 14.1. The lowest BCUT2D eigenvalue weighted by Crippen LogP contribution is -2.14. The van der Waals surface area contributed by atoms with Gasteiger partial charge in [-0.2, -0.15) is 0 Å². The van der Waals surface area contributed by atoms with Crippen molar-refractivity contribution in [1.29, 1.82) is 0 Å². The van der Waals surface area contributed by atoms with Crippen molar-refractivity contribution >= 4 is 49.4 Å². The molecule has 0 saturated carbocycles. The van der Waals surface area contributed by atoms with Crippen LogP contribution in [0, 0.1) is 0 Å². The largest absolute Gasteiger partial charge is 0.291 e. The van der Waals surface area contributed by atoms with Crippen molar-refractivity contribution in [3.05, 3.63) is 114 Å². The fourth-order valence-electron chi connectivity index (χ4n) is 6.96. The highest BCUT2D eigenvalue weighted by Gasteiger charge is 2.35. The molecule has 0 N–H and O–H groups in total. The van der Waals surface area contributed by atoms with Gasteiger partial charge < -0.3 is 0 Å². The first-order valence-corrected chi connectivity index (χ1v) is 13.2. The smallest absolute Gasteiger partial charge is 0.165 e. The minimum Gasteiger partial charge on any atom is -0.291 e. The zero-order valence-electron chi connectivity index (χ0n) is 21.2. The molecule has 3 heteroatoms. The van der Waals surface area contributed by atoms with Crippen LogP contribution >= 0.6 is 0 Å². The van der Waals surface area contributed by atoms with Gasteiger partial charge in [-0.05, 0) is 63.7 Å². The number of benzene rings is 5. The summed E-state index contributed by atoms with van der Waals surface area (Å²) in [5, 5.41) is 3.68. The first-order valence-electron chi connectivity index (χ1n) is 13.2. The van der Waals surface area contributed by atoms with E-state index in [-0.39, 0.29) is 5.41 Å². The number of fused-ring (bicyclic) bond motifs is 10. The van der Waals surface area contributed by atoms with E-state index in [4.69, 9.17) is 9.97 Å². The van der Waals surface area contributed by atoms with Crippen molar-refractivity contribution in [3.8, 4) is 22.3 Å². The summed E-state index contributed by atoms with van der Waals surface area (Å²) >= 11 is 0. The summed E-state index contributed by atoms with van der Waals surface area (Å²) in [7, 11) is 0. The van der Waals surface area contributed by atoms with Gasteiger partial charge in [0.2, 0.25) is 0 Å². The second kappa shape index (κ2) is 6.76. The van der Waals surface area contributed by atoms with E-state index in [0.717, 1.165) is 27.6 Å². The fraction of sp³-hybridized carbons (Fsp3) is 0.0857. The van der Waals surface area contributed by atoms with E-state index >= 15 is 0 Å². The molecule has 8 aromatic rings. The minimum atomic E-state index is 0.00354. The number of aromatic nitrogens is 3. The van der Waals surface area contributed by atoms with Crippen LogP contribution in [-0.4, -0.2) is 14.4 Å². The zero-order chi connectivity index (χ0) is 25.2. The van der Waals surface area contributed by atoms with Crippen LogP contribution in [0.3, 0.4) is 0 Å². The molecule has 0 radical (unpaired) electrons. The lowest BCUT2D eigenvalue weighted by atomic mass is 9.82. The molecule has 0 atom stereocenters. The van der Waals surface area contributed by atoms with Gasteiger partial charge >= 0.3 is 0 Å². The standard InChI is InChI=1S/C35H23N3/c1-35(2)26-11-5-3-9-22(26)25-19-20(15-18-27(25)35)21-16-17-24-32-34(37-29-13-7-6-12-28(29)36-32)38-30-14-8-4-10-23(30)31(21)33(24)38/h3-19H,1-2H3. The van der Waals surface area contributed by atoms with Crippen LogP contribution in [-0.2, 0) is 5.41 Å². The monoisotopic (exact) mass is 485 g/mol. The minimum absolute atomic E-state index is 0.00354. The molecular weight excluding hydrogens is 462 g/mol. The van der Waals surface area contributed by atoms with Crippen molar-refractivity contribution in [1.82, 2.24) is 14.4 Å². The van der Waals surface area contributed by atoms with E-state index in [9.17, 15) is 0 Å². The quantitative estimate of drug-likeness (QED) is 0.233. The third-order valence-electron chi connectivity index (χ3n) is 8.73. The van der Waals surface area contributed by atoms with Gasteiger partial charge in [0, 0.05) is 21.6 Å². The molecule has 5 aromatic carbocycles. The average Bonchev–Trinajstić information content (AvgIpc) is 3.54. The van der Waals surface area contributed by atoms with Crippen LogP contribution in [0.15, 0.2) is 103 Å². The Hall–Kier alpha value is -4.76.